The smallest absolute Gasteiger partial charge is 0.272 e. The minimum absolute atomic E-state index is 0.233. The molecule has 0 aliphatic heterocycles. The number of hydrazone groups is 1. The molecule has 25 heavy (non-hydrogen) atoms. The Labute approximate surface area is 152 Å². The molecule has 3 aromatic rings. The van der Waals surface area contributed by atoms with Gasteiger partial charge in [0, 0.05) is 10.6 Å². The number of carbonyl (C=O) groups is 1. The summed E-state index contributed by atoms with van der Waals surface area (Å²) in [7, 11) is 0. The van der Waals surface area contributed by atoms with Crippen LogP contribution in [0.25, 0.3) is 11.3 Å². The molecule has 0 fully saturated rings. The predicted octanol–water partition coefficient (Wildman–Crippen LogP) is 5.16. The topological polar surface area (TPSA) is 54.6 Å². The molecule has 7 heteroatoms. The van der Waals surface area contributed by atoms with Gasteiger partial charge in [0.2, 0.25) is 0 Å². The Morgan fingerprint density at radius 2 is 1.84 bits per heavy atom. The highest BCUT2D eigenvalue weighted by atomic mass is 35.5. The van der Waals surface area contributed by atoms with Gasteiger partial charge in [-0.05, 0) is 54.6 Å². The summed E-state index contributed by atoms with van der Waals surface area (Å²) >= 11 is 11.7. The molecule has 0 atom stereocenters. The highest BCUT2D eigenvalue weighted by Gasteiger charge is 2.10. The van der Waals surface area contributed by atoms with Gasteiger partial charge in [-0.2, -0.15) is 5.10 Å². The van der Waals surface area contributed by atoms with Crippen molar-refractivity contribution < 1.29 is 13.6 Å². The number of benzene rings is 2. The first-order valence-electron chi connectivity index (χ1n) is 7.17. The third kappa shape index (κ3) is 4.26. The van der Waals surface area contributed by atoms with Crippen LogP contribution < -0.4 is 5.43 Å². The van der Waals surface area contributed by atoms with E-state index in [-0.39, 0.29) is 16.4 Å². The van der Waals surface area contributed by atoms with E-state index in [2.05, 4.69) is 10.5 Å². The fourth-order valence-corrected chi connectivity index (χ4v) is 2.57. The Bertz CT molecular complexity index is 937. The van der Waals surface area contributed by atoms with Gasteiger partial charge in [0.05, 0.1) is 16.8 Å². The monoisotopic (exact) mass is 376 g/mol. The molecule has 1 amide bonds. The summed E-state index contributed by atoms with van der Waals surface area (Å²) in [6.07, 6.45) is 1.36. The van der Waals surface area contributed by atoms with Crippen molar-refractivity contribution in [3.8, 4) is 11.3 Å². The van der Waals surface area contributed by atoms with Crippen molar-refractivity contribution in [2.45, 2.75) is 0 Å². The summed E-state index contributed by atoms with van der Waals surface area (Å²) < 4.78 is 18.5. The van der Waals surface area contributed by atoms with E-state index in [0.717, 1.165) is 5.56 Å². The number of halogens is 3. The minimum atomic E-state index is -0.469. The van der Waals surface area contributed by atoms with Crippen LogP contribution in [-0.2, 0) is 0 Å². The Hall–Kier alpha value is -2.63. The lowest BCUT2D eigenvalue weighted by molar-refractivity contribution is 0.0955. The zero-order chi connectivity index (χ0) is 17.8. The number of nitrogens with one attached hydrogen (secondary N) is 1. The van der Waals surface area contributed by atoms with Crippen molar-refractivity contribution in [1.29, 1.82) is 0 Å². The number of rotatable bonds is 4. The molecule has 0 bridgehead atoms. The van der Waals surface area contributed by atoms with Crippen LogP contribution in [-0.4, -0.2) is 12.1 Å². The molecule has 0 spiro atoms. The maximum absolute atomic E-state index is 12.9. The first-order valence-corrected chi connectivity index (χ1v) is 7.93. The molecule has 0 aliphatic carbocycles. The van der Waals surface area contributed by atoms with Gasteiger partial charge >= 0.3 is 0 Å². The van der Waals surface area contributed by atoms with E-state index < -0.39 is 5.91 Å². The Morgan fingerprint density at radius 1 is 1.08 bits per heavy atom. The van der Waals surface area contributed by atoms with E-state index in [0.29, 0.717) is 16.5 Å². The van der Waals surface area contributed by atoms with E-state index in [1.54, 1.807) is 30.3 Å². The van der Waals surface area contributed by atoms with E-state index in [4.69, 9.17) is 27.6 Å². The van der Waals surface area contributed by atoms with Crippen LogP contribution in [0.5, 0.6) is 0 Å². The van der Waals surface area contributed by atoms with Gasteiger partial charge in [-0.25, -0.2) is 9.82 Å². The second-order valence-corrected chi connectivity index (χ2v) is 5.88. The van der Waals surface area contributed by atoms with Crippen molar-refractivity contribution in [2.75, 3.05) is 0 Å². The van der Waals surface area contributed by atoms with Crippen LogP contribution in [0.15, 0.2) is 64.1 Å². The second kappa shape index (κ2) is 7.51. The van der Waals surface area contributed by atoms with Crippen LogP contribution >= 0.6 is 23.2 Å². The normalized spacial score (nSPS) is 11.0. The van der Waals surface area contributed by atoms with Gasteiger partial charge in [-0.15, -0.1) is 0 Å². The largest absolute Gasteiger partial charge is 0.455 e. The SMILES string of the molecule is O=C(N/N=C\c1ccc(-c2ccc(F)cc2)o1)c1ccc(Cl)cc1Cl. The average molecular weight is 377 g/mol. The molecular formula is C18H11Cl2FN2O2. The third-order valence-electron chi connectivity index (χ3n) is 3.29. The fraction of sp³-hybridized carbons (Fsp3) is 0. The molecule has 0 aliphatic rings. The molecule has 1 aromatic heterocycles. The molecule has 1 heterocycles. The maximum Gasteiger partial charge on any atom is 0.272 e. The predicted molar refractivity (Wildman–Crippen MR) is 95.6 cm³/mol. The Kier molecular flexibility index (Phi) is 5.16. The van der Waals surface area contributed by atoms with Crippen molar-refractivity contribution in [2.24, 2.45) is 5.10 Å². The molecule has 0 unspecified atom stereocenters. The van der Waals surface area contributed by atoms with Crippen molar-refractivity contribution in [3.63, 3.8) is 0 Å². The lowest BCUT2D eigenvalue weighted by Crippen LogP contribution is -2.17. The molecule has 3 rings (SSSR count). The molecule has 0 radical (unpaired) electrons. The second-order valence-electron chi connectivity index (χ2n) is 5.03. The first kappa shape index (κ1) is 17.2. The highest BCUT2D eigenvalue weighted by molar-refractivity contribution is 6.36. The molecular weight excluding hydrogens is 366 g/mol. The number of hydrogen-bond donors (Lipinski definition) is 1. The van der Waals surface area contributed by atoms with Crippen molar-refractivity contribution in [1.82, 2.24) is 5.43 Å². The fourth-order valence-electron chi connectivity index (χ4n) is 2.08. The number of carbonyl (C=O) groups excluding carboxylic acids is 1. The summed E-state index contributed by atoms with van der Waals surface area (Å²) in [5, 5.41) is 4.50. The maximum atomic E-state index is 12.9. The Morgan fingerprint density at radius 3 is 2.56 bits per heavy atom. The summed E-state index contributed by atoms with van der Waals surface area (Å²) in [5.41, 5.74) is 3.35. The van der Waals surface area contributed by atoms with Crippen molar-refractivity contribution >= 4 is 35.3 Å². The summed E-state index contributed by atoms with van der Waals surface area (Å²) in [6, 6.07) is 13.9. The number of amides is 1. The van der Waals surface area contributed by atoms with Crippen LogP contribution in [0.3, 0.4) is 0 Å². The van der Waals surface area contributed by atoms with Gasteiger partial charge in [0.25, 0.3) is 5.91 Å². The van der Waals surface area contributed by atoms with Crippen LogP contribution in [0.4, 0.5) is 4.39 Å². The van der Waals surface area contributed by atoms with Crippen molar-refractivity contribution in [3.05, 3.63) is 81.8 Å². The number of furan rings is 1. The van der Waals surface area contributed by atoms with E-state index in [1.807, 2.05) is 0 Å². The van der Waals surface area contributed by atoms with Crippen LogP contribution in [0, 0.1) is 5.82 Å². The summed E-state index contributed by atoms with van der Waals surface area (Å²) in [5.74, 6) is 0.208. The number of hydrogen-bond acceptors (Lipinski definition) is 3. The van der Waals surface area contributed by atoms with Crippen LogP contribution in [0.2, 0.25) is 10.0 Å². The van der Waals surface area contributed by atoms with Gasteiger partial charge < -0.3 is 4.42 Å². The van der Waals surface area contributed by atoms with E-state index >= 15 is 0 Å². The highest BCUT2D eigenvalue weighted by Crippen LogP contribution is 2.22. The van der Waals surface area contributed by atoms with Gasteiger partial charge in [0.1, 0.15) is 17.3 Å². The summed E-state index contributed by atoms with van der Waals surface area (Å²) in [4.78, 5) is 12.0. The van der Waals surface area contributed by atoms with Gasteiger partial charge in [-0.1, -0.05) is 23.2 Å². The van der Waals surface area contributed by atoms with Gasteiger partial charge in [0.15, 0.2) is 0 Å². The number of nitrogens with zero attached hydrogens (tertiary/aromatic N) is 1. The summed E-state index contributed by atoms with van der Waals surface area (Å²) in [6.45, 7) is 0. The minimum Gasteiger partial charge on any atom is -0.455 e. The molecule has 4 nitrogen and oxygen atoms in total. The zero-order valence-corrected chi connectivity index (χ0v) is 14.2. The third-order valence-corrected chi connectivity index (χ3v) is 3.84. The van der Waals surface area contributed by atoms with E-state index in [1.165, 1.54) is 30.5 Å². The van der Waals surface area contributed by atoms with E-state index in [9.17, 15) is 9.18 Å². The average Bonchev–Trinajstić information content (AvgIpc) is 3.04. The quantitative estimate of drug-likeness (QED) is 0.505. The van der Waals surface area contributed by atoms with Gasteiger partial charge in [-0.3, -0.25) is 4.79 Å². The lowest BCUT2D eigenvalue weighted by Gasteiger charge is -2.02. The molecule has 1 N–H and O–H groups in total. The molecule has 0 saturated carbocycles. The molecule has 0 saturated heterocycles. The zero-order valence-electron chi connectivity index (χ0n) is 12.7. The molecule has 2 aromatic carbocycles. The lowest BCUT2D eigenvalue weighted by atomic mass is 10.2. The Balaban J connectivity index is 1.66. The molecule has 126 valence electrons. The standard InChI is InChI=1S/C18H11Cl2FN2O2/c19-12-3-7-15(16(20)9-12)18(24)23-22-10-14-6-8-17(25-14)11-1-4-13(21)5-2-11/h1-10H,(H,23,24)/b22-10-. The van der Waals surface area contributed by atoms with Crippen LogP contribution in [0.1, 0.15) is 16.1 Å². The first-order chi connectivity index (χ1) is 12.0.